The van der Waals surface area contributed by atoms with E-state index in [2.05, 4.69) is 10.6 Å². The zero-order valence-electron chi connectivity index (χ0n) is 20.6. The Kier molecular flexibility index (Phi) is 10.4. The Morgan fingerprint density at radius 3 is 2.24 bits per heavy atom. The third-order valence-electron chi connectivity index (χ3n) is 6.41. The third kappa shape index (κ3) is 8.96. The van der Waals surface area contributed by atoms with Gasteiger partial charge in [0, 0.05) is 38.8 Å². The summed E-state index contributed by atoms with van der Waals surface area (Å²) < 4.78 is 84.4. The van der Waals surface area contributed by atoms with Gasteiger partial charge >= 0.3 is 12.4 Å². The molecule has 0 aliphatic carbocycles. The lowest BCUT2D eigenvalue weighted by molar-refractivity contribution is -0.143. The van der Waals surface area contributed by atoms with Crippen molar-refractivity contribution in [3.8, 4) is 0 Å². The van der Waals surface area contributed by atoms with Crippen LogP contribution in [0.15, 0.2) is 48.5 Å². The predicted octanol–water partition coefficient (Wildman–Crippen LogP) is 5.31. The van der Waals surface area contributed by atoms with Gasteiger partial charge in [0.15, 0.2) is 6.35 Å². The van der Waals surface area contributed by atoms with Crippen LogP contribution in [0.25, 0.3) is 0 Å². The van der Waals surface area contributed by atoms with Gasteiger partial charge in [-0.25, -0.2) is 0 Å². The van der Waals surface area contributed by atoms with E-state index in [4.69, 9.17) is 4.74 Å². The number of aliphatic hydroxyl groups is 1. The van der Waals surface area contributed by atoms with Crippen LogP contribution in [0.3, 0.4) is 0 Å². The smallest absolute Gasteiger partial charge is 0.374 e. The van der Waals surface area contributed by atoms with E-state index < -0.39 is 35.9 Å². The number of hydrogen-bond acceptors (Lipinski definition) is 5. The molecule has 2 aromatic rings. The molecule has 1 heterocycles. The first-order valence-corrected chi connectivity index (χ1v) is 12.3. The number of nitrogens with zero attached hydrogens (tertiary/aromatic N) is 1. The molecule has 37 heavy (non-hydrogen) atoms. The van der Waals surface area contributed by atoms with Crippen molar-refractivity contribution in [2.45, 2.75) is 63.6 Å². The molecule has 0 bridgehead atoms. The first-order valence-electron chi connectivity index (χ1n) is 12.3. The minimum atomic E-state index is -4.89. The number of hydrogen-bond donors (Lipinski definition) is 3. The molecule has 0 aromatic heterocycles. The second kappa shape index (κ2) is 13.1. The van der Waals surface area contributed by atoms with Crippen LogP contribution in [0.5, 0.6) is 0 Å². The maximum atomic E-state index is 13.1. The quantitative estimate of drug-likeness (QED) is 0.255. The molecule has 5 nitrogen and oxygen atoms in total. The van der Waals surface area contributed by atoms with Gasteiger partial charge in [-0.15, -0.1) is 0 Å². The fourth-order valence-electron chi connectivity index (χ4n) is 4.36. The van der Waals surface area contributed by atoms with Crippen LogP contribution in [-0.4, -0.2) is 48.6 Å². The topological polar surface area (TPSA) is 56.8 Å². The highest BCUT2D eigenvalue weighted by Crippen LogP contribution is 2.37. The van der Waals surface area contributed by atoms with Crippen molar-refractivity contribution in [1.29, 1.82) is 0 Å². The Balaban J connectivity index is 1.51. The molecule has 0 saturated carbocycles. The number of halogens is 6. The molecule has 1 fully saturated rings. The van der Waals surface area contributed by atoms with Crippen molar-refractivity contribution in [1.82, 2.24) is 15.5 Å². The molecule has 2 unspecified atom stereocenters. The Hall–Kier alpha value is -2.18. The Morgan fingerprint density at radius 2 is 1.68 bits per heavy atom. The van der Waals surface area contributed by atoms with Crippen LogP contribution < -0.4 is 10.6 Å². The monoisotopic (exact) mass is 533 g/mol. The van der Waals surface area contributed by atoms with Crippen LogP contribution in [0, 0.1) is 0 Å². The number of ether oxygens (including phenoxy) is 1. The third-order valence-corrected chi connectivity index (χ3v) is 6.41. The molecule has 3 rings (SSSR count). The van der Waals surface area contributed by atoms with Gasteiger partial charge in [0.25, 0.3) is 0 Å². The standard InChI is InChI=1S/C26H33F6N3O2/c1-18(20-13-21(25(27,28)29)15-22(14-20)26(30,31)32)37-12-6-5-9-23(35-11-10-34-24(35)36)17-33-16-19-7-3-2-4-8-19/h2-4,7-8,13-15,18,23-24,33-34,36H,5-6,9-12,16-17H2,1H3/t18?,23-,24?/m0/s1. The minimum absolute atomic E-state index is 0.0453. The maximum Gasteiger partial charge on any atom is 0.416 e. The molecule has 11 heteroatoms. The summed E-state index contributed by atoms with van der Waals surface area (Å²) >= 11 is 0. The normalized spacial score (nSPS) is 18.8. The van der Waals surface area contributed by atoms with E-state index in [9.17, 15) is 31.4 Å². The molecule has 0 radical (unpaired) electrons. The fourth-order valence-corrected chi connectivity index (χ4v) is 4.36. The zero-order valence-corrected chi connectivity index (χ0v) is 20.6. The number of unbranched alkanes of at least 4 members (excludes halogenated alkanes) is 1. The minimum Gasteiger partial charge on any atom is -0.374 e. The molecular weight excluding hydrogens is 500 g/mol. The molecule has 1 saturated heterocycles. The van der Waals surface area contributed by atoms with Gasteiger partial charge in [0.1, 0.15) is 0 Å². The van der Waals surface area contributed by atoms with Crippen LogP contribution in [0.2, 0.25) is 0 Å². The predicted molar refractivity (Wildman–Crippen MR) is 127 cm³/mol. The van der Waals surface area contributed by atoms with E-state index in [1.807, 2.05) is 35.2 Å². The van der Waals surface area contributed by atoms with Gasteiger partial charge in [-0.1, -0.05) is 30.3 Å². The number of alkyl halides is 6. The maximum absolute atomic E-state index is 13.1. The molecule has 0 amide bonds. The summed E-state index contributed by atoms with van der Waals surface area (Å²) in [5, 5.41) is 16.6. The van der Waals surface area contributed by atoms with Crippen molar-refractivity contribution in [3.63, 3.8) is 0 Å². The number of aliphatic hydroxyl groups excluding tert-OH is 1. The van der Waals surface area contributed by atoms with Gasteiger partial charge in [-0.05, 0) is 55.5 Å². The van der Waals surface area contributed by atoms with Crippen LogP contribution in [0.4, 0.5) is 26.3 Å². The van der Waals surface area contributed by atoms with E-state index in [-0.39, 0.29) is 24.3 Å². The first-order chi connectivity index (χ1) is 17.4. The molecule has 3 N–H and O–H groups in total. The lowest BCUT2D eigenvalue weighted by Crippen LogP contribution is -2.47. The van der Waals surface area contributed by atoms with E-state index in [1.165, 1.54) is 6.92 Å². The fraction of sp³-hybridized carbons (Fsp3) is 0.538. The highest BCUT2D eigenvalue weighted by molar-refractivity contribution is 5.34. The summed E-state index contributed by atoms with van der Waals surface area (Å²) in [5.41, 5.74) is -1.73. The second-order valence-electron chi connectivity index (χ2n) is 9.18. The van der Waals surface area contributed by atoms with Gasteiger partial charge in [-0.3, -0.25) is 10.2 Å². The summed E-state index contributed by atoms with van der Waals surface area (Å²) in [6.45, 7) is 4.33. The van der Waals surface area contributed by atoms with E-state index in [0.717, 1.165) is 12.0 Å². The highest BCUT2D eigenvalue weighted by atomic mass is 19.4. The van der Waals surface area contributed by atoms with Gasteiger partial charge < -0.3 is 15.2 Å². The van der Waals surface area contributed by atoms with E-state index in [0.29, 0.717) is 51.2 Å². The van der Waals surface area contributed by atoms with Crippen LogP contribution >= 0.6 is 0 Å². The van der Waals surface area contributed by atoms with Gasteiger partial charge in [0.05, 0.1) is 17.2 Å². The first kappa shape index (κ1) is 29.4. The molecule has 1 aliphatic rings. The van der Waals surface area contributed by atoms with Crippen molar-refractivity contribution in [3.05, 3.63) is 70.8 Å². The summed E-state index contributed by atoms with van der Waals surface area (Å²) in [6.07, 6.45) is -9.44. The van der Waals surface area contributed by atoms with Crippen molar-refractivity contribution in [2.24, 2.45) is 0 Å². The van der Waals surface area contributed by atoms with Crippen molar-refractivity contribution >= 4 is 0 Å². The van der Waals surface area contributed by atoms with Crippen molar-refractivity contribution in [2.75, 3.05) is 26.2 Å². The molecule has 3 atom stereocenters. The number of nitrogens with one attached hydrogen (secondary N) is 2. The lowest BCUT2D eigenvalue weighted by atomic mass is 10.0. The Morgan fingerprint density at radius 1 is 1.03 bits per heavy atom. The average molecular weight is 534 g/mol. The Bertz CT molecular complexity index is 939. The molecule has 0 spiro atoms. The second-order valence-corrected chi connectivity index (χ2v) is 9.18. The number of benzene rings is 2. The SMILES string of the molecule is CC(OCCCC[C@@H](CNCc1ccccc1)N1CCNC1O)c1cc(C(F)(F)F)cc(C(F)(F)F)c1. The van der Waals surface area contributed by atoms with Crippen molar-refractivity contribution < 1.29 is 36.2 Å². The molecular formula is C26H33F6N3O2. The van der Waals surface area contributed by atoms with Gasteiger partial charge in [0.2, 0.25) is 0 Å². The summed E-state index contributed by atoms with van der Waals surface area (Å²) in [6, 6.07) is 11.5. The zero-order chi connectivity index (χ0) is 27.1. The largest absolute Gasteiger partial charge is 0.416 e. The highest BCUT2D eigenvalue weighted by Gasteiger charge is 2.37. The summed E-state index contributed by atoms with van der Waals surface area (Å²) in [5.74, 6) is 0. The Labute approximate surface area is 212 Å². The average Bonchev–Trinajstić information content (AvgIpc) is 3.27. The van der Waals surface area contributed by atoms with Crippen LogP contribution in [0.1, 0.15) is 54.5 Å². The molecule has 2 aromatic carbocycles. The van der Waals surface area contributed by atoms with Crippen LogP contribution in [-0.2, 0) is 23.6 Å². The number of rotatable bonds is 12. The summed E-state index contributed by atoms with van der Waals surface area (Å²) in [4.78, 5) is 1.97. The molecule has 1 aliphatic heterocycles. The lowest BCUT2D eigenvalue weighted by Gasteiger charge is -2.30. The van der Waals surface area contributed by atoms with E-state index in [1.54, 1.807) is 0 Å². The van der Waals surface area contributed by atoms with Gasteiger partial charge in [-0.2, -0.15) is 26.3 Å². The molecule has 206 valence electrons. The van der Waals surface area contributed by atoms with E-state index >= 15 is 0 Å². The summed E-state index contributed by atoms with van der Waals surface area (Å²) in [7, 11) is 0.